The summed E-state index contributed by atoms with van der Waals surface area (Å²) in [5.41, 5.74) is 10.6. The van der Waals surface area contributed by atoms with E-state index in [0.29, 0.717) is 33.9 Å². The van der Waals surface area contributed by atoms with E-state index in [1.54, 1.807) is 13.2 Å². The van der Waals surface area contributed by atoms with Gasteiger partial charge in [0.1, 0.15) is 23.6 Å². The molecule has 1 saturated heterocycles. The summed E-state index contributed by atoms with van der Waals surface area (Å²) in [5.74, 6) is 0.678. The van der Waals surface area contributed by atoms with Crippen molar-refractivity contribution < 1.29 is 9.53 Å². The SMILES string of the molecule is COc1cc(-c2nn(C3CCNCC3)c3ncnc(N)c23)ccc1NC(=O)c1cccc2[nH]ccc12. The predicted octanol–water partition coefficient (Wildman–Crippen LogP) is 3.74. The van der Waals surface area contributed by atoms with Gasteiger partial charge in [0.25, 0.3) is 5.91 Å². The van der Waals surface area contributed by atoms with E-state index in [0.717, 1.165) is 48.0 Å². The summed E-state index contributed by atoms with van der Waals surface area (Å²) >= 11 is 0. The van der Waals surface area contributed by atoms with Crippen LogP contribution in [-0.2, 0) is 0 Å². The number of rotatable bonds is 5. The Labute approximate surface area is 206 Å². The lowest BCUT2D eigenvalue weighted by molar-refractivity contribution is 0.102. The molecule has 0 aliphatic carbocycles. The van der Waals surface area contributed by atoms with Crippen LogP contribution in [-0.4, -0.2) is 50.8 Å². The Kier molecular flexibility index (Phi) is 5.49. The molecule has 0 spiro atoms. The number of H-pyrrole nitrogens is 1. The quantitative estimate of drug-likeness (QED) is 0.300. The normalized spacial score (nSPS) is 14.4. The number of fused-ring (bicyclic) bond motifs is 2. The second-order valence-electron chi connectivity index (χ2n) is 8.85. The maximum Gasteiger partial charge on any atom is 0.256 e. The third-order valence-corrected chi connectivity index (χ3v) is 6.74. The lowest BCUT2D eigenvalue weighted by Gasteiger charge is -2.23. The fraction of sp³-hybridized carbons (Fsp3) is 0.231. The van der Waals surface area contributed by atoms with Gasteiger partial charge in [0.15, 0.2) is 5.65 Å². The van der Waals surface area contributed by atoms with Crippen molar-refractivity contribution in [2.45, 2.75) is 18.9 Å². The molecular formula is C26H26N8O2. The van der Waals surface area contributed by atoms with Crippen LogP contribution in [0, 0.1) is 0 Å². The molecule has 10 nitrogen and oxygen atoms in total. The van der Waals surface area contributed by atoms with E-state index in [1.165, 1.54) is 6.33 Å². The summed E-state index contributed by atoms with van der Waals surface area (Å²) in [7, 11) is 1.57. The second kappa shape index (κ2) is 8.97. The van der Waals surface area contributed by atoms with Crippen LogP contribution in [0.15, 0.2) is 55.0 Å². The molecule has 10 heteroatoms. The maximum atomic E-state index is 13.1. The van der Waals surface area contributed by atoms with Crippen LogP contribution in [0.25, 0.3) is 33.2 Å². The van der Waals surface area contributed by atoms with Gasteiger partial charge in [0, 0.05) is 28.2 Å². The average molecular weight is 483 g/mol. The monoisotopic (exact) mass is 482 g/mol. The van der Waals surface area contributed by atoms with Crippen molar-refractivity contribution in [3.63, 3.8) is 0 Å². The first-order chi connectivity index (χ1) is 17.6. The highest BCUT2D eigenvalue weighted by molar-refractivity contribution is 6.13. The van der Waals surface area contributed by atoms with E-state index in [2.05, 4.69) is 25.6 Å². The first-order valence-electron chi connectivity index (χ1n) is 11.9. The fourth-order valence-electron chi connectivity index (χ4n) is 4.92. The number of nitrogens with zero attached hydrogens (tertiary/aromatic N) is 4. The number of aromatic nitrogens is 5. The molecule has 3 aromatic heterocycles. The Bertz CT molecular complexity index is 1580. The van der Waals surface area contributed by atoms with Gasteiger partial charge in [-0.3, -0.25) is 4.79 Å². The van der Waals surface area contributed by atoms with Crippen molar-refractivity contribution >= 4 is 39.3 Å². The molecule has 6 rings (SSSR count). The van der Waals surface area contributed by atoms with Crippen LogP contribution in [0.5, 0.6) is 5.75 Å². The molecule has 0 radical (unpaired) electrons. The third-order valence-electron chi connectivity index (χ3n) is 6.74. The summed E-state index contributed by atoms with van der Waals surface area (Å²) < 4.78 is 7.63. The van der Waals surface area contributed by atoms with Crippen LogP contribution in [0.1, 0.15) is 29.2 Å². The van der Waals surface area contributed by atoms with E-state index in [-0.39, 0.29) is 11.9 Å². The number of aromatic amines is 1. The Morgan fingerprint density at radius 1 is 1.17 bits per heavy atom. The zero-order valence-corrected chi connectivity index (χ0v) is 19.8. The number of carbonyl (C=O) groups excluding carboxylic acids is 1. The molecule has 0 bridgehead atoms. The molecule has 1 aliphatic rings. The smallest absolute Gasteiger partial charge is 0.256 e. The number of benzene rings is 2. The third kappa shape index (κ3) is 3.72. The van der Waals surface area contributed by atoms with Crippen molar-refractivity contribution in [3.05, 3.63) is 60.6 Å². The van der Waals surface area contributed by atoms with Gasteiger partial charge in [-0.05, 0) is 56.3 Å². The largest absolute Gasteiger partial charge is 0.495 e. The number of carbonyl (C=O) groups is 1. The van der Waals surface area contributed by atoms with Gasteiger partial charge in [-0.1, -0.05) is 12.1 Å². The van der Waals surface area contributed by atoms with Gasteiger partial charge >= 0.3 is 0 Å². The number of nitrogens with two attached hydrogens (primary N) is 1. The van der Waals surface area contributed by atoms with Gasteiger partial charge in [0.05, 0.1) is 24.2 Å². The minimum Gasteiger partial charge on any atom is -0.495 e. The van der Waals surface area contributed by atoms with Crippen LogP contribution in [0.3, 0.4) is 0 Å². The number of ether oxygens (including phenoxy) is 1. The standard InChI is InChI=1S/C26H26N8O2/c1-36-21-13-15(5-6-20(21)32-26(35)18-3-2-4-19-17(18)9-12-29-19)23-22-24(27)30-14-31-25(22)34(33-23)16-7-10-28-11-8-16/h2-6,9,12-14,16,28-29H,7-8,10-11H2,1H3,(H,32,35)(H2,27,30,31). The van der Waals surface area contributed by atoms with Crippen molar-refractivity contribution in [2.24, 2.45) is 0 Å². The Hall–Kier alpha value is -4.44. The molecule has 4 heterocycles. The van der Waals surface area contributed by atoms with Crippen LogP contribution >= 0.6 is 0 Å². The summed E-state index contributed by atoms with van der Waals surface area (Å²) in [5, 5.41) is 12.9. The molecule has 5 aromatic rings. The Morgan fingerprint density at radius 3 is 2.86 bits per heavy atom. The lowest BCUT2D eigenvalue weighted by atomic mass is 10.1. The van der Waals surface area contributed by atoms with Crippen LogP contribution in [0.2, 0.25) is 0 Å². The van der Waals surface area contributed by atoms with E-state index >= 15 is 0 Å². The van der Waals surface area contributed by atoms with E-state index in [1.807, 2.05) is 47.3 Å². The van der Waals surface area contributed by atoms with Crippen LogP contribution < -0.4 is 21.1 Å². The molecule has 182 valence electrons. The average Bonchev–Trinajstić information content (AvgIpc) is 3.55. The van der Waals surface area contributed by atoms with Gasteiger partial charge in [-0.2, -0.15) is 5.10 Å². The Balaban J connectivity index is 1.38. The van der Waals surface area contributed by atoms with Gasteiger partial charge in [-0.15, -0.1) is 0 Å². The number of hydrogen-bond acceptors (Lipinski definition) is 7. The minimum absolute atomic E-state index is 0.218. The number of nitrogen functional groups attached to an aromatic ring is 1. The maximum absolute atomic E-state index is 13.1. The second-order valence-corrected chi connectivity index (χ2v) is 8.85. The number of anilines is 2. The molecule has 1 amide bonds. The van der Waals surface area contributed by atoms with E-state index < -0.39 is 0 Å². The summed E-state index contributed by atoms with van der Waals surface area (Å²) in [6.45, 7) is 1.86. The first kappa shape index (κ1) is 22.1. The molecule has 0 saturated carbocycles. The van der Waals surface area contributed by atoms with Crippen molar-refractivity contribution in [1.29, 1.82) is 0 Å². The fourth-order valence-corrected chi connectivity index (χ4v) is 4.92. The molecule has 0 atom stereocenters. The highest BCUT2D eigenvalue weighted by Crippen LogP contribution is 2.37. The highest BCUT2D eigenvalue weighted by atomic mass is 16.5. The predicted molar refractivity (Wildman–Crippen MR) is 139 cm³/mol. The molecule has 1 aliphatic heterocycles. The van der Waals surface area contributed by atoms with E-state index in [4.69, 9.17) is 15.6 Å². The number of piperidine rings is 1. The summed E-state index contributed by atoms with van der Waals surface area (Å²) in [4.78, 5) is 25.0. The number of nitrogens with one attached hydrogen (secondary N) is 3. The highest BCUT2D eigenvalue weighted by Gasteiger charge is 2.24. The first-order valence-corrected chi connectivity index (χ1v) is 11.9. The zero-order valence-electron chi connectivity index (χ0n) is 19.8. The van der Waals surface area contributed by atoms with Crippen molar-refractivity contribution in [3.8, 4) is 17.0 Å². The number of amides is 1. The minimum atomic E-state index is -0.218. The lowest BCUT2D eigenvalue weighted by Crippen LogP contribution is -2.30. The molecule has 5 N–H and O–H groups in total. The van der Waals surface area contributed by atoms with Gasteiger partial charge < -0.3 is 26.1 Å². The van der Waals surface area contributed by atoms with Crippen molar-refractivity contribution in [1.82, 2.24) is 30.0 Å². The molecule has 2 aromatic carbocycles. The van der Waals surface area contributed by atoms with E-state index in [9.17, 15) is 4.79 Å². The topological polar surface area (TPSA) is 136 Å². The van der Waals surface area contributed by atoms with Gasteiger partial charge in [0.2, 0.25) is 0 Å². The molecule has 1 fully saturated rings. The summed E-state index contributed by atoms with van der Waals surface area (Å²) in [6.07, 6.45) is 5.22. The number of hydrogen-bond donors (Lipinski definition) is 4. The van der Waals surface area contributed by atoms with Gasteiger partial charge in [-0.25, -0.2) is 14.6 Å². The van der Waals surface area contributed by atoms with Crippen molar-refractivity contribution in [2.75, 3.05) is 31.2 Å². The zero-order chi connectivity index (χ0) is 24.6. The Morgan fingerprint density at radius 2 is 2.03 bits per heavy atom. The summed E-state index contributed by atoms with van der Waals surface area (Å²) in [6, 6.07) is 13.3. The van der Waals surface area contributed by atoms with Crippen LogP contribution in [0.4, 0.5) is 11.5 Å². The molecule has 36 heavy (non-hydrogen) atoms. The molecular weight excluding hydrogens is 456 g/mol. The molecule has 0 unspecified atom stereocenters. The number of methoxy groups -OCH3 is 1.